The molecule has 1 aliphatic heterocycles. The third-order valence-electron chi connectivity index (χ3n) is 5.59. The van der Waals surface area contributed by atoms with E-state index in [1.807, 2.05) is 26.2 Å². The number of amides is 1. The van der Waals surface area contributed by atoms with E-state index in [4.69, 9.17) is 0 Å². The molecule has 1 fully saturated rings. The van der Waals surface area contributed by atoms with Crippen molar-refractivity contribution in [1.29, 1.82) is 0 Å². The van der Waals surface area contributed by atoms with E-state index in [1.54, 1.807) is 0 Å². The zero-order valence-electron chi connectivity index (χ0n) is 18.1. The fraction of sp³-hybridized carbons (Fsp3) is 0.304. The molecule has 2 aromatic carbocycles. The summed E-state index contributed by atoms with van der Waals surface area (Å²) in [4.78, 5) is 17.5. The number of aromatic nitrogens is 1. The Kier molecular flexibility index (Phi) is 6.15. The van der Waals surface area contributed by atoms with Crippen LogP contribution < -0.4 is 5.32 Å². The van der Waals surface area contributed by atoms with Crippen LogP contribution in [0.1, 0.15) is 29.5 Å². The first-order valence-corrected chi connectivity index (χ1v) is 12.6. The highest BCUT2D eigenvalue weighted by Gasteiger charge is 2.39. The Hall–Kier alpha value is -2.62. The predicted octanol–water partition coefficient (Wildman–Crippen LogP) is 4.67. The summed E-state index contributed by atoms with van der Waals surface area (Å²) in [5, 5.41) is 5.11. The number of carbonyl (C=O) groups excluding carboxylic acids is 1. The van der Waals surface area contributed by atoms with Crippen molar-refractivity contribution in [2.45, 2.75) is 44.6 Å². The van der Waals surface area contributed by atoms with Gasteiger partial charge in [-0.3, -0.25) is 4.79 Å². The smallest absolute Gasteiger partial charge is 0.244 e. The van der Waals surface area contributed by atoms with Gasteiger partial charge in [-0.1, -0.05) is 17.7 Å². The van der Waals surface area contributed by atoms with Gasteiger partial charge in [0.25, 0.3) is 0 Å². The molecule has 0 saturated carbocycles. The van der Waals surface area contributed by atoms with Crippen molar-refractivity contribution in [3.8, 4) is 11.3 Å². The van der Waals surface area contributed by atoms with Gasteiger partial charge in [-0.25, -0.2) is 17.8 Å². The van der Waals surface area contributed by atoms with Crippen LogP contribution in [-0.4, -0.2) is 36.2 Å². The van der Waals surface area contributed by atoms with Crippen molar-refractivity contribution in [3.05, 3.63) is 64.3 Å². The standard InChI is InChI=1S/C23H24FN3O3S2/c1-14-11-15(2)21(16(3)12-14)19-13-31-23(25-19)26-22(28)20-5-4-10-27(20)32(29,30)18-8-6-17(24)7-9-18/h6-9,11-13,20H,4-5,10H2,1-3H3,(H,25,26,28). The molecule has 1 N–H and O–H groups in total. The van der Waals surface area contributed by atoms with Crippen molar-refractivity contribution in [2.24, 2.45) is 0 Å². The summed E-state index contributed by atoms with van der Waals surface area (Å²) in [5.74, 6) is -0.926. The van der Waals surface area contributed by atoms with Crippen LogP contribution in [0.15, 0.2) is 46.7 Å². The molecule has 1 aromatic heterocycles. The van der Waals surface area contributed by atoms with E-state index in [-0.39, 0.29) is 11.4 Å². The number of nitrogens with zero attached hydrogens (tertiary/aromatic N) is 2. The summed E-state index contributed by atoms with van der Waals surface area (Å²) in [6.07, 6.45) is 0.990. The minimum absolute atomic E-state index is 0.0274. The minimum Gasteiger partial charge on any atom is -0.301 e. The maximum absolute atomic E-state index is 13.2. The second kappa shape index (κ2) is 8.73. The first-order chi connectivity index (χ1) is 15.2. The molecule has 0 bridgehead atoms. The van der Waals surface area contributed by atoms with Crippen LogP contribution in [0.4, 0.5) is 9.52 Å². The van der Waals surface area contributed by atoms with Crippen LogP contribution in [0.5, 0.6) is 0 Å². The van der Waals surface area contributed by atoms with Gasteiger partial charge >= 0.3 is 0 Å². The monoisotopic (exact) mass is 473 g/mol. The van der Waals surface area contributed by atoms with E-state index >= 15 is 0 Å². The molecule has 1 saturated heterocycles. The van der Waals surface area contributed by atoms with E-state index in [9.17, 15) is 17.6 Å². The average molecular weight is 474 g/mol. The SMILES string of the molecule is Cc1cc(C)c(-c2csc(NC(=O)C3CCCN3S(=O)(=O)c3ccc(F)cc3)n2)c(C)c1. The maximum atomic E-state index is 13.2. The molecule has 1 atom stereocenters. The van der Waals surface area contributed by atoms with Gasteiger partial charge in [0.15, 0.2) is 5.13 Å². The Morgan fingerprint density at radius 3 is 2.47 bits per heavy atom. The van der Waals surface area contributed by atoms with Crippen molar-refractivity contribution in [2.75, 3.05) is 11.9 Å². The molecular weight excluding hydrogens is 449 g/mol. The zero-order chi connectivity index (χ0) is 23.0. The lowest BCUT2D eigenvalue weighted by molar-refractivity contribution is -0.119. The second-order valence-electron chi connectivity index (χ2n) is 8.03. The molecule has 9 heteroatoms. The van der Waals surface area contributed by atoms with Gasteiger partial charge in [-0.05, 0) is 69.0 Å². The number of rotatable bonds is 5. The lowest BCUT2D eigenvalue weighted by Gasteiger charge is -2.23. The summed E-state index contributed by atoms with van der Waals surface area (Å²) < 4.78 is 40.4. The molecule has 1 aliphatic rings. The fourth-order valence-electron chi connectivity index (χ4n) is 4.25. The number of anilines is 1. The summed E-state index contributed by atoms with van der Waals surface area (Å²) in [6.45, 7) is 6.35. The Bertz CT molecular complexity index is 1250. The highest BCUT2D eigenvalue weighted by atomic mass is 32.2. The van der Waals surface area contributed by atoms with E-state index in [2.05, 4.69) is 22.4 Å². The third kappa shape index (κ3) is 4.32. The van der Waals surface area contributed by atoms with Gasteiger partial charge in [-0.2, -0.15) is 4.31 Å². The average Bonchev–Trinajstić information content (AvgIpc) is 3.38. The van der Waals surface area contributed by atoms with Gasteiger partial charge in [0, 0.05) is 17.5 Å². The largest absolute Gasteiger partial charge is 0.301 e. The topological polar surface area (TPSA) is 79.4 Å². The molecule has 0 radical (unpaired) electrons. The van der Waals surface area contributed by atoms with E-state index in [1.165, 1.54) is 33.3 Å². The first-order valence-electron chi connectivity index (χ1n) is 10.3. The fourth-order valence-corrected chi connectivity index (χ4v) is 6.61. The van der Waals surface area contributed by atoms with Gasteiger partial charge in [-0.15, -0.1) is 11.3 Å². The molecule has 3 aromatic rings. The molecule has 32 heavy (non-hydrogen) atoms. The molecule has 1 unspecified atom stereocenters. The van der Waals surface area contributed by atoms with Crippen LogP contribution in [0.2, 0.25) is 0 Å². The third-order valence-corrected chi connectivity index (χ3v) is 8.27. The Morgan fingerprint density at radius 2 is 1.81 bits per heavy atom. The minimum atomic E-state index is -3.91. The van der Waals surface area contributed by atoms with Crippen LogP contribution in [-0.2, 0) is 14.8 Å². The number of carbonyl (C=O) groups is 1. The van der Waals surface area contributed by atoms with Crippen LogP contribution in [0.25, 0.3) is 11.3 Å². The predicted molar refractivity (Wildman–Crippen MR) is 124 cm³/mol. The quantitative estimate of drug-likeness (QED) is 0.584. The molecule has 0 aliphatic carbocycles. The number of sulfonamides is 1. The number of benzene rings is 2. The lowest BCUT2D eigenvalue weighted by Crippen LogP contribution is -2.43. The molecular formula is C23H24FN3O3S2. The van der Waals surface area contributed by atoms with Crippen LogP contribution in [0.3, 0.4) is 0 Å². The second-order valence-corrected chi connectivity index (χ2v) is 10.8. The van der Waals surface area contributed by atoms with E-state index < -0.39 is 27.8 Å². The summed E-state index contributed by atoms with van der Waals surface area (Å²) in [6, 6.07) is 8.00. The highest BCUT2D eigenvalue weighted by Crippen LogP contribution is 2.32. The Morgan fingerprint density at radius 1 is 1.16 bits per heavy atom. The first kappa shape index (κ1) is 22.6. The van der Waals surface area contributed by atoms with Crippen molar-refractivity contribution >= 4 is 32.4 Å². The normalized spacial score (nSPS) is 16.9. The Labute approximate surface area is 191 Å². The number of hydrogen-bond donors (Lipinski definition) is 1. The van der Waals surface area contributed by atoms with Crippen molar-refractivity contribution in [1.82, 2.24) is 9.29 Å². The van der Waals surface area contributed by atoms with Gasteiger partial charge in [0.1, 0.15) is 11.9 Å². The van der Waals surface area contributed by atoms with E-state index in [0.29, 0.717) is 18.0 Å². The Balaban J connectivity index is 1.54. The van der Waals surface area contributed by atoms with Gasteiger partial charge < -0.3 is 5.32 Å². The van der Waals surface area contributed by atoms with Crippen LogP contribution >= 0.6 is 11.3 Å². The number of nitrogens with one attached hydrogen (secondary N) is 1. The van der Waals surface area contributed by atoms with E-state index in [0.717, 1.165) is 34.5 Å². The molecule has 4 rings (SSSR count). The molecule has 168 valence electrons. The zero-order valence-corrected chi connectivity index (χ0v) is 19.7. The molecule has 0 spiro atoms. The number of thiazole rings is 1. The number of aryl methyl sites for hydroxylation is 3. The van der Waals surface area contributed by atoms with Gasteiger partial charge in [0.2, 0.25) is 15.9 Å². The number of hydrogen-bond acceptors (Lipinski definition) is 5. The van der Waals surface area contributed by atoms with Gasteiger partial charge in [0.05, 0.1) is 10.6 Å². The summed E-state index contributed by atoms with van der Waals surface area (Å²) in [5.41, 5.74) is 5.21. The highest BCUT2D eigenvalue weighted by molar-refractivity contribution is 7.89. The number of halogens is 1. The lowest BCUT2D eigenvalue weighted by atomic mass is 9.98. The van der Waals surface area contributed by atoms with Crippen molar-refractivity contribution in [3.63, 3.8) is 0 Å². The molecule has 1 amide bonds. The summed E-state index contributed by atoms with van der Waals surface area (Å²) in [7, 11) is -3.91. The van der Waals surface area contributed by atoms with Crippen LogP contribution in [0, 0.1) is 26.6 Å². The molecule has 2 heterocycles. The van der Waals surface area contributed by atoms with Crippen molar-refractivity contribution < 1.29 is 17.6 Å². The maximum Gasteiger partial charge on any atom is 0.244 e. The molecule has 6 nitrogen and oxygen atoms in total. The summed E-state index contributed by atoms with van der Waals surface area (Å²) >= 11 is 1.31.